The molecule has 1 unspecified atom stereocenters. The molecule has 0 aromatic rings. The second-order valence-electron chi connectivity index (χ2n) is 3.44. The second kappa shape index (κ2) is 2.06. The van der Waals surface area contributed by atoms with Gasteiger partial charge in [0.05, 0.1) is 0 Å². The van der Waals surface area contributed by atoms with Gasteiger partial charge in [-0.1, -0.05) is 12.2 Å². The zero-order valence-corrected chi connectivity index (χ0v) is 6.65. The summed E-state index contributed by atoms with van der Waals surface area (Å²) < 4.78 is 10.9. The lowest BCUT2D eigenvalue weighted by molar-refractivity contribution is -0.152. The van der Waals surface area contributed by atoms with E-state index in [0.29, 0.717) is 0 Å². The van der Waals surface area contributed by atoms with Gasteiger partial charge in [-0.2, -0.15) is 0 Å². The third-order valence-corrected chi connectivity index (χ3v) is 2.00. The molecule has 1 fully saturated rings. The Morgan fingerprint density at radius 3 is 2.64 bits per heavy atom. The van der Waals surface area contributed by atoms with Crippen LogP contribution in [0.4, 0.5) is 0 Å². The van der Waals surface area contributed by atoms with Gasteiger partial charge in [0.1, 0.15) is 18.3 Å². The number of aliphatic hydroxyl groups is 1. The minimum absolute atomic E-state index is 0.0556. The third kappa shape index (κ3) is 1.09. The molecule has 3 atom stereocenters. The first kappa shape index (κ1) is 7.28. The van der Waals surface area contributed by atoms with Gasteiger partial charge in [-0.3, -0.25) is 0 Å². The highest BCUT2D eigenvalue weighted by Gasteiger charge is 2.45. The van der Waals surface area contributed by atoms with E-state index in [4.69, 9.17) is 9.47 Å². The summed E-state index contributed by atoms with van der Waals surface area (Å²) in [4.78, 5) is 0. The molecule has 0 aromatic carbocycles. The van der Waals surface area contributed by atoms with Crippen LogP contribution in [-0.2, 0) is 9.47 Å². The molecule has 0 radical (unpaired) electrons. The summed E-state index contributed by atoms with van der Waals surface area (Å²) in [6.07, 6.45) is 2.82. The summed E-state index contributed by atoms with van der Waals surface area (Å²) in [6.45, 7) is 3.71. The minimum atomic E-state index is -0.541. The van der Waals surface area contributed by atoms with Crippen molar-refractivity contribution in [3.63, 3.8) is 0 Å². The molecule has 0 aromatic heterocycles. The first-order valence-corrected chi connectivity index (χ1v) is 3.80. The zero-order valence-electron chi connectivity index (χ0n) is 6.65. The van der Waals surface area contributed by atoms with Crippen molar-refractivity contribution in [1.82, 2.24) is 0 Å². The van der Waals surface area contributed by atoms with Crippen LogP contribution in [0.3, 0.4) is 0 Å². The van der Waals surface area contributed by atoms with Crippen LogP contribution in [0.1, 0.15) is 13.8 Å². The topological polar surface area (TPSA) is 38.7 Å². The molecular weight excluding hydrogens is 144 g/mol. The maximum atomic E-state index is 9.34. The van der Waals surface area contributed by atoms with Crippen LogP contribution in [0.15, 0.2) is 12.2 Å². The fraction of sp³-hybridized carbons (Fsp3) is 0.750. The standard InChI is InChI=1S/C8H12O3/c1-8(2)10-6-4-3-5(9)7(6)11-8/h3-7,9H,1-2H3/t5-,6-,7?/m0/s1. The number of rotatable bonds is 0. The predicted octanol–water partition coefficient (Wildman–Crippen LogP) is 0.437. The molecule has 3 nitrogen and oxygen atoms in total. The molecule has 1 N–H and O–H groups in total. The van der Waals surface area contributed by atoms with Crippen molar-refractivity contribution in [3.8, 4) is 0 Å². The van der Waals surface area contributed by atoms with Crippen molar-refractivity contribution >= 4 is 0 Å². The maximum absolute atomic E-state index is 9.34. The van der Waals surface area contributed by atoms with E-state index in [0.717, 1.165) is 0 Å². The normalized spacial score (nSPS) is 46.3. The third-order valence-electron chi connectivity index (χ3n) is 2.00. The van der Waals surface area contributed by atoms with E-state index >= 15 is 0 Å². The van der Waals surface area contributed by atoms with Crippen LogP contribution >= 0.6 is 0 Å². The summed E-state index contributed by atoms with van der Waals surface area (Å²) in [5.41, 5.74) is 0. The van der Waals surface area contributed by atoms with Crippen molar-refractivity contribution in [2.45, 2.75) is 37.9 Å². The van der Waals surface area contributed by atoms with Crippen LogP contribution in [0.5, 0.6) is 0 Å². The first-order chi connectivity index (χ1) is 5.08. The molecule has 0 spiro atoms. The fourth-order valence-corrected chi connectivity index (χ4v) is 1.56. The number of fused-ring (bicyclic) bond motifs is 1. The van der Waals surface area contributed by atoms with Gasteiger partial charge >= 0.3 is 0 Å². The predicted molar refractivity (Wildman–Crippen MR) is 39.0 cm³/mol. The molecule has 1 aliphatic carbocycles. The van der Waals surface area contributed by atoms with Gasteiger partial charge in [-0.05, 0) is 13.8 Å². The van der Waals surface area contributed by atoms with Gasteiger partial charge < -0.3 is 14.6 Å². The van der Waals surface area contributed by atoms with Crippen molar-refractivity contribution in [2.24, 2.45) is 0 Å². The lowest BCUT2D eigenvalue weighted by atomic mass is 10.2. The average Bonchev–Trinajstić information content (AvgIpc) is 2.31. The van der Waals surface area contributed by atoms with Crippen molar-refractivity contribution < 1.29 is 14.6 Å². The van der Waals surface area contributed by atoms with E-state index in [1.165, 1.54) is 0 Å². The Bertz CT molecular complexity index is 198. The summed E-state index contributed by atoms with van der Waals surface area (Å²) in [7, 11) is 0. The highest BCUT2D eigenvalue weighted by molar-refractivity contribution is 5.13. The van der Waals surface area contributed by atoms with E-state index in [1.54, 1.807) is 6.08 Å². The second-order valence-corrected chi connectivity index (χ2v) is 3.44. The van der Waals surface area contributed by atoms with Crippen LogP contribution in [-0.4, -0.2) is 29.2 Å². The van der Waals surface area contributed by atoms with Crippen LogP contribution < -0.4 is 0 Å². The molecule has 3 heteroatoms. The molecule has 62 valence electrons. The summed E-state index contributed by atoms with van der Waals surface area (Å²) >= 11 is 0. The van der Waals surface area contributed by atoms with Gasteiger partial charge in [0.25, 0.3) is 0 Å². The highest BCUT2D eigenvalue weighted by atomic mass is 16.8. The monoisotopic (exact) mass is 156 g/mol. The van der Waals surface area contributed by atoms with Gasteiger partial charge in [0.2, 0.25) is 0 Å². The first-order valence-electron chi connectivity index (χ1n) is 3.80. The van der Waals surface area contributed by atoms with E-state index in [-0.39, 0.29) is 12.2 Å². The number of ether oxygens (including phenoxy) is 2. The van der Waals surface area contributed by atoms with Gasteiger partial charge in [0.15, 0.2) is 5.79 Å². The van der Waals surface area contributed by atoms with E-state index in [9.17, 15) is 5.11 Å². The molecular formula is C8H12O3. The number of hydrogen-bond acceptors (Lipinski definition) is 3. The lowest BCUT2D eigenvalue weighted by Gasteiger charge is -2.18. The number of aliphatic hydroxyl groups excluding tert-OH is 1. The minimum Gasteiger partial charge on any atom is -0.386 e. The highest BCUT2D eigenvalue weighted by Crippen LogP contribution is 2.34. The smallest absolute Gasteiger partial charge is 0.164 e. The SMILES string of the molecule is CC1(C)OC2[C@H](C=C[C@@H]2O)O1. The zero-order chi connectivity index (χ0) is 8.06. The lowest BCUT2D eigenvalue weighted by Crippen LogP contribution is -2.28. The average molecular weight is 156 g/mol. The Morgan fingerprint density at radius 1 is 1.27 bits per heavy atom. The van der Waals surface area contributed by atoms with Gasteiger partial charge in [-0.25, -0.2) is 0 Å². The van der Waals surface area contributed by atoms with Gasteiger partial charge in [0, 0.05) is 0 Å². The maximum Gasteiger partial charge on any atom is 0.164 e. The molecule has 1 aliphatic heterocycles. The molecule has 0 bridgehead atoms. The molecule has 1 saturated heterocycles. The van der Waals surface area contributed by atoms with E-state index in [2.05, 4.69) is 0 Å². The van der Waals surface area contributed by atoms with Crippen LogP contribution in [0, 0.1) is 0 Å². The Morgan fingerprint density at radius 2 is 2.00 bits per heavy atom. The van der Waals surface area contributed by atoms with Crippen LogP contribution in [0.25, 0.3) is 0 Å². The molecule has 0 saturated carbocycles. The van der Waals surface area contributed by atoms with E-state index in [1.807, 2.05) is 19.9 Å². The molecule has 0 amide bonds. The van der Waals surface area contributed by atoms with Crippen LogP contribution in [0.2, 0.25) is 0 Å². The van der Waals surface area contributed by atoms with Crippen molar-refractivity contribution in [2.75, 3.05) is 0 Å². The largest absolute Gasteiger partial charge is 0.386 e. The summed E-state index contributed by atoms with van der Waals surface area (Å²) in [5.74, 6) is -0.541. The van der Waals surface area contributed by atoms with E-state index < -0.39 is 11.9 Å². The van der Waals surface area contributed by atoms with Gasteiger partial charge in [-0.15, -0.1) is 0 Å². The Labute approximate surface area is 65.6 Å². The Balaban J connectivity index is 2.15. The molecule has 2 rings (SSSR count). The fourth-order valence-electron chi connectivity index (χ4n) is 1.56. The molecule has 11 heavy (non-hydrogen) atoms. The Hall–Kier alpha value is -0.380. The van der Waals surface area contributed by atoms with Crippen molar-refractivity contribution in [1.29, 1.82) is 0 Å². The quantitative estimate of drug-likeness (QED) is 0.517. The summed E-state index contributed by atoms with van der Waals surface area (Å²) in [5, 5.41) is 9.34. The number of hydrogen-bond donors (Lipinski definition) is 1. The Kier molecular flexibility index (Phi) is 1.36. The summed E-state index contributed by atoms with van der Waals surface area (Å²) in [6, 6.07) is 0. The molecule has 2 aliphatic rings. The molecule has 1 heterocycles. The van der Waals surface area contributed by atoms with Crippen molar-refractivity contribution in [3.05, 3.63) is 12.2 Å².